The molecule has 0 aromatic heterocycles. The third kappa shape index (κ3) is 8.88. The minimum Gasteiger partial charge on any atom is -0.311 e. The second-order valence-corrected chi connectivity index (χ2v) is 7.53. The number of hydrogen-bond acceptors (Lipinski definition) is 3. The summed E-state index contributed by atoms with van der Waals surface area (Å²) in [6.45, 7) is 10.7. The standard InChI is InChI=1S/C11H25NO2S/c1-6-10(2)9-15(13,14)8-7-12-11(3,4)5/h10,12H,6-9H2,1-5H3. The van der Waals surface area contributed by atoms with Gasteiger partial charge in [-0.15, -0.1) is 0 Å². The van der Waals surface area contributed by atoms with Gasteiger partial charge < -0.3 is 5.32 Å². The van der Waals surface area contributed by atoms with Crippen molar-refractivity contribution in [1.29, 1.82) is 0 Å². The first-order valence-corrected chi connectivity index (χ1v) is 7.44. The van der Waals surface area contributed by atoms with E-state index in [9.17, 15) is 8.42 Å². The highest BCUT2D eigenvalue weighted by Gasteiger charge is 2.16. The van der Waals surface area contributed by atoms with Crippen molar-refractivity contribution in [3.63, 3.8) is 0 Å². The Morgan fingerprint density at radius 1 is 1.27 bits per heavy atom. The Labute approximate surface area is 94.6 Å². The van der Waals surface area contributed by atoms with Crippen molar-refractivity contribution in [2.24, 2.45) is 5.92 Å². The molecule has 4 heteroatoms. The summed E-state index contributed by atoms with van der Waals surface area (Å²) < 4.78 is 23.3. The smallest absolute Gasteiger partial charge is 0.151 e. The molecule has 3 nitrogen and oxygen atoms in total. The van der Waals surface area contributed by atoms with Crippen molar-refractivity contribution >= 4 is 9.84 Å². The van der Waals surface area contributed by atoms with E-state index >= 15 is 0 Å². The van der Waals surface area contributed by atoms with Crippen LogP contribution in [0.4, 0.5) is 0 Å². The maximum absolute atomic E-state index is 11.6. The van der Waals surface area contributed by atoms with Crippen LogP contribution in [0.5, 0.6) is 0 Å². The van der Waals surface area contributed by atoms with E-state index in [1.165, 1.54) is 0 Å². The molecule has 1 atom stereocenters. The van der Waals surface area contributed by atoms with Crippen molar-refractivity contribution < 1.29 is 8.42 Å². The Bertz CT molecular complexity index is 265. The summed E-state index contributed by atoms with van der Waals surface area (Å²) in [6.07, 6.45) is 0.923. The second-order valence-electron chi connectivity index (χ2n) is 5.30. The molecule has 0 fully saturated rings. The zero-order chi connectivity index (χ0) is 12.1. The summed E-state index contributed by atoms with van der Waals surface area (Å²) >= 11 is 0. The molecule has 0 saturated heterocycles. The minimum absolute atomic E-state index is 0.00804. The molecule has 0 aliphatic heterocycles. The molecule has 0 heterocycles. The van der Waals surface area contributed by atoms with E-state index < -0.39 is 9.84 Å². The van der Waals surface area contributed by atoms with Gasteiger partial charge in [-0.3, -0.25) is 0 Å². The maximum atomic E-state index is 11.6. The fourth-order valence-corrected chi connectivity index (χ4v) is 2.90. The predicted octanol–water partition coefficient (Wildman–Crippen LogP) is 1.84. The molecular formula is C11H25NO2S. The Kier molecular flexibility index (Phi) is 5.81. The van der Waals surface area contributed by atoms with E-state index in [0.29, 0.717) is 12.3 Å². The normalized spacial score (nSPS) is 15.3. The third-order valence-corrected chi connectivity index (χ3v) is 4.21. The summed E-state index contributed by atoms with van der Waals surface area (Å²) in [4.78, 5) is 0. The van der Waals surface area contributed by atoms with E-state index in [1.54, 1.807) is 0 Å². The lowest BCUT2D eigenvalue weighted by Crippen LogP contribution is -2.39. The van der Waals surface area contributed by atoms with Crippen molar-refractivity contribution in [1.82, 2.24) is 5.32 Å². The van der Waals surface area contributed by atoms with Crippen LogP contribution in [0.2, 0.25) is 0 Å². The largest absolute Gasteiger partial charge is 0.311 e. The first-order chi connectivity index (χ1) is 6.66. The zero-order valence-corrected chi connectivity index (χ0v) is 11.4. The van der Waals surface area contributed by atoms with Gasteiger partial charge in [-0.05, 0) is 26.7 Å². The van der Waals surface area contributed by atoms with Crippen LogP contribution in [-0.2, 0) is 9.84 Å². The molecule has 0 saturated carbocycles. The van der Waals surface area contributed by atoms with Gasteiger partial charge in [0.05, 0.1) is 11.5 Å². The van der Waals surface area contributed by atoms with Gasteiger partial charge in [-0.25, -0.2) is 8.42 Å². The van der Waals surface area contributed by atoms with Gasteiger partial charge in [0.15, 0.2) is 9.84 Å². The number of rotatable bonds is 6. The maximum Gasteiger partial charge on any atom is 0.151 e. The van der Waals surface area contributed by atoms with Crippen LogP contribution in [0.1, 0.15) is 41.0 Å². The average Bonchev–Trinajstić information content (AvgIpc) is 2.00. The molecule has 0 spiro atoms. The molecule has 15 heavy (non-hydrogen) atoms. The minimum atomic E-state index is -2.88. The fourth-order valence-electron chi connectivity index (χ4n) is 1.22. The Morgan fingerprint density at radius 3 is 2.20 bits per heavy atom. The average molecular weight is 235 g/mol. The molecule has 0 bridgehead atoms. The Hall–Kier alpha value is -0.0900. The molecule has 0 aliphatic carbocycles. The number of hydrogen-bond donors (Lipinski definition) is 1. The van der Waals surface area contributed by atoms with Crippen molar-refractivity contribution in [3.05, 3.63) is 0 Å². The van der Waals surface area contributed by atoms with Gasteiger partial charge in [0.2, 0.25) is 0 Å². The molecule has 0 aliphatic rings. The Balaban J connectivity index is 3.96. The molecular weight excluding hydrogens is 210 g/mol. The van der Waals surface area contributed by atoms with Crippen LogP contribution in [0.3, 0.4) is 0 Å². The summed E-state index contributed by atoms with van der Waals surface area (Å²) in [7, 11) is -2.88. The fraction of sp³-hybridized carbons (Fsp3) is 1.00. The van der Waals surface area contributed by atoms with Gasteiger partial charge >= 0.3 is 0 Å². The van der Waals surface area contributed by atoms with E-state index in [2.05, 4.69) is 5.32 Å². The third-order valence-electron chi connectivity index (χ3n) is 2.30. The number of sulfone groups is 1. The van der Waals surface area contributed by atoms with Crippen LogP contribution in [0, 0.1) is 5.92 Å². The molecule has 92 valence electrons. The van der Waals surface area contributed by atoms with Crippen molar-refractivity contribution in [2.75, 3.05) is 18.1 Å². The van der Waals surface area contributed by atoms with Crippen LogP contribution in [0.15, 0.2) is 0 Å². The topological polar surface area (TPSA) is 46.2 Å². The van der Waals surface area contributed by atoms with Crippen molar-refractivity contribution in [3.8, 4) is 0 Å². The van der Waals surface area contributed by atoms with Gasteiger partial charge in [-0.1, -0.05) is 20.3 Å². The van der Waals surface area contributed by atoms with Crippen LogP contribution < -0.4 is 5.32 Å². The quantitative estimate of drug-likeness (QED) is 0.764. The molecule has 1 N–H and O–H groups in total. The zero-order valence-electron chi connectivity index (χ0n) is 10.6. The monoisotopic (exact) mass is 235 g/mol. The SMILES string of the molecule is CCC(C)CS(=O)(=O)CCNC(C)(C)C. The lowest BCUT2D eigenvalue weighted by molar-refractivity contribution is 0.438. The van der Waals surface area contributed by atoms with E-state index in [-0.39, 0.29) is 17.2 Å². The first-order valence-electron chi connectivity index (χ1n) is 5.62. The van der Waals surface area contributed by atoms with Crippen LogP contribution >= 0.6 is 0 Å². The summed E-state index contributed by atoms with van der Waals surface area (Å²) in [5, 5.41) is 3.19. The van der Waals surface area contributed by atoms with Gasteiger partial charge in [0.25, 0.3) is 0 Å². The molecule has 0 aromatic rings. The highest BCUT2D eigenvalue weighted by Crippen LogP contribution is 2.06. The predicted molar refractivity (Wildman–Crippen MR) is 65.9 cm³/mol. The van der Waals surface area contributed by atoms with Crippen molar-refractivity contribution in [2.45, 2.75) is 46.6 Å². The van der Waals surface area contributed by atoms with E-state index in [0.717, 1.165) is 6.42 Å². The highest BCUT2D eigenvalue weighted by atomic mass is 32.2. The second kappa shape index (κ2) is 5.85. The lowest BCUT2D eigenvalue weighted by atomic mass is 10.1. The Morgan fingerprint density at radius 2 is 1.80 bits per heavy atom. The molecule has 0 aromatic carbocycles. The summed E-state index contributed by atoms with van der Waals surface area (Å²) in [5.74, 6) is 0.828. The van der Waals surface area contributed by atoms with Crippen LogP contribution in [-0.4, -0.2) is 32.0 Å². The molecule has 1 unspecified atom stereocenters. The number of nitrogens with one attached hydrogen (secondary N) is 1. The lowest BCUT2D eigenvalue weighted by Gasteiger charge is -2.20. The molecule has 0 rings (SSSR count). The van der Waals surface area contributed by atoms with Gasteiger partial charge in [0.1, 0.15) is 0 Å². The van der Waals surface area contributed by atoms with E-state index in [4.69, 9.17) is 0 Å². The van der Waals surface area contributed by atoms with Gasteiger partial charge in [-0.2, -0.15) is 0 Å². The highest BCUT2D eigenvalue weighted by molar-refractivity contribution is 7.91. The molecule has 0 radical (unpaired) electrons. The summed E-state index contributed by atoms with van der Waals surface area (Å²) in [5.41, 5.74) is -0.00804. The van der Waals surface area contributed by atoms with E-state index in [1.807, 2.05) is 34.6 Å². The molecule has 0 amide bonds. The summed E-state index contributed by atoms with van der Waals surface area (Å²) in [6, 6.07) is 0. The van der Waals surface area contributed by atoms with Gasteiger partial charge in [0, 0.05) is 12.1 Å². The first kappa shape index (κ1) is 14.9. The van der Waals surface area contributed by atoms with Crippen LogP contribution in [0.25, 0.3) is 0 Å².